The highest BCUT2D eigenvalue weighted by molar-refractivity contribution is 6.33. The number of anilines is 2. The Morgan fingerprint density at radius 3 is 2.78 bits per heavy atom. The topological polar surface area (TPSA) is 158 Å². The maximum Gasteiger partial charge on any atom is 0.270 e. The summed E-state index contributed by atoms with van der Waals surface area (Å²) in [5.74, 6) is 1.78. The number of aromatic nitrogens is 3. The molecular weight excluding hydrogens is 604 g/mol. The van der Waals surface area contributed by atoms with Gasteiger partial charge >= 0.3 is 0 Å². The van der Waals surface area contributed by atoms with Crippen LogP contribution < -0.4 is 20.3 Å². The molecule has 2 amide bonds. The number of amides is 2. The van der Waals surface area contributed by atoms with Gasteiger partial charge in [0.2, 0.25) is 11.9 Å². The first-order valence-electron chi connectivity index (χ1n) is 15.0. The number of fused-ring (bicyclic) bond motifs is 1. The van der Waals surface area contributed by atoms with Gasteiger partial charge in [0.1, 0.15) is 23.9 Å². The molecule has 3 aliphatic rings. The molecular formula is C30H37ClN8O6. The minimum Gasteiger partial charge on any atom is -0.484 e. The van der Waals surface area contributed by atoms with Crippen LogP contribution in [0.2, 0.25) is 5.02 Å². The van der Waals surface area contributed by atoms with E-state index in [4.69, 9.17) is 25.5 Å². The number of hydrogen-bond acceptors (Lipinski definition) is 12. The maximum absolute atomic E-state index is 13.2. The first kappa shape index (κ1) is 31.0. The summed E-state index contributed by atoms with van der Waals surface area (Å²) in [6, 6.07) is 5.49. The Labute approximate surface area is 265 Å². The standard InChI is InChI=1S/C30H37ClN8O6/c1-19(40)39-14-21(15-39)34-27-10-25(35-30(36-27)38-6-8-43-9-7-38)29(42)33-11-22(41)16-37-5-4-24-20(13-37)2-3-26(28(24)31)44-17-23-12-32-18-45-23/h2-3,10,12,18,21-22,41H,4-9,11,13-17H2,1H3,(H,33,42)(H,34,35,36). The van der Waals surface area contributed by atoms with Gasteiger partial charge < -0.3 is 39.4 Å². The van der Waals surface area contributed by atoms with E-state index in [2.05, 4.69) is 30.5 Å². The van der Waals surface area contributed by atoms with E-state index in [-0.39, 0.29) is 30.8 Å². The average Bonchev–Trinajstić information content (AvgIpc) is 3.55. The number of ether oxygens (including phenoxy) is 2. The fraction of sp³-hybridized carbons (Fsp3) is 0.500. The van der Waals surface area contributed by atoms with E-state index in [1.807, 2.05) is 17.0 Å². The second-order valence-electron chi connectivity index (χ2n) is 11.4. The molecule has 1 atom stereocenters. The number of aliphatic hydroxyl groups is 1. The van der Waals surface area contributed by atoms with Crippen molar-refractivity contribution in [2.45, 2.75) is 38.6 Å². The smallest absolute Gasteiger partial charge is 0.270 e. The molecule has 3 aliphatic heterocycles. The number of halogens is 1. The van der Waals surface area contributed by atoms with Gasteiger partial charge in [0, 0.05) is 65.3 Å². The second-order valence-corrected chi connectivity index (χ2v) is 11.8. The minimum absolute atomic E-state index is 0.0276. The van der Waals surface area contributed by atoms with Crippen LogP contribution in [-0.4, -0.2) is 113 Å². The highest BCUT2D eigenvalue weighted by atomic mass is 35.5. The molecule has 2 saturated heterocycles. The summed E-state index contributed by atoms with van der Waals surface area (Å²) >= 11 is 6.67. The van der Waals surface area contributed by atoms with Crippen molar-refractivity contribution in [1.29, 1.82) is 0 Å². The molecule has 2 aromatic heterocycles. The molecule has 1 aromatic carbocycles. The zero-order valence-electron chi connectivity index (χ0n) is 25.1. The van der Waals surface area contributed by atoms with Crippen molar-refractivity contribution >= 4 is 35.2 Å². The number of hydrogen-bond donors (Lipinski definition) is 3. The Kier molecular flexibility index (Phi) is 9.64. The van der Waals surface area contributed by atoms with E-state index in [0.717, 1.165) is 11.1 Å². The Hall–Kier alpha value is -3.98. The molecule has 0 spiro atoms. The number of rotatable bonds is 11. The van der Waals surface area contributed by atoms with Gasteiger partial charge in [0.25, 0.3) is 5.91 Å². The van der Waals surface area contributed by atoms with Crippen molar-refractivity contribution in [2.24, 2.45) is 0 Å². The number of carbonyl (C=O) groups is 2. The lowest BCUT2D eigenvalue weighted by Crippen LogP contribution is -2.56. The SMILES string of the molecule is CC(=O)N1CC(Nc2cc(C(=O)NCC(O)CN3CCc4c(ccc(OCc5cnco5)c4Cl)C3)nc(N3CCOCC3)n2)C1. The Morgan fingerprint density at radius 2 is 2.02 bits per heavy atom. The molecule has 0 bridgehead atoms. The Bertz CT molecular complexity index is 1500. The fourth-order valence-electron chi connectivity index (χ4n) is 5.61. The quantitative estimate of drug-likeness (QED) is 0.276. The first-order chi connectivity index (χ1) is 21.8. The van der Waals surface area contributed by atoms with Gasteiger partial charge in [0.15, 0.2) is 12.2 Å². The minimum atomic E-state index is -0.791. The number of likely N-dealkylation sites (tertiary alicyclic amines) is 1. The van der Waals surface area contributed by atoms with Crippen LogP contribution in [0.3, 0.4) is 0 Å². The number of carbonyl (C=O) groups excluding carboxylic acids is 2. The number of benzene rings is 1. The number of nitrogens with one attached hydrogen (secondary N) is 2. The molecule has 0 aliphatic carbocycles. The van der Waals surface area contributed by atoms with E-state index in [1.165, 1.54) is 6.39 Å². The lowest BCUT2D eigenvalue weighted by Gasteiger charge is -2.39. The largest absolute Gasteiger partial charge is 0.484 e. The van der Waals surface area contributed by atoms with Crippen LogP contribution >= 0.6 is 11.6 Å². The van der Waals surface area contributed by atoms with Gasteiger partial charge in [-0.1, -0.05) is 17.7 Å². The monoisotopic (exact) mass is 640 g/mol. The van der Waals surface area contributed by atoms with Gasteiger partial charge in [-0.2, -0.15) is 4.98 Å². The lowest BCUT2D eigenvalue weighted by atomic mass is 9.99. The number of oxazole rings is 1. The van der Waals surface area contributed by atoms with Crippen LogP contribution in [0.15, 0.2) is 35.2 Å². The average molecular weight is 641 g/mol. The summed E-state index contributed by atoms with van der Waals surface area (Å²) in [6.07, 6.45) is 2.87. The maximum atomic E-state index is 13.2. The van der Waals surface area contributed by atoms with E-state index in [9.17, 15) is 14.7 Å². The molecule has 5 heterocycles. The normalized spacial score (nSPS) is 17.8. The molecule has 0 radical (unpaired) electrons. The summed E-state index contributed by atoms with van der Waals surface area (Å²) in [6.45, 7) is 7.04. The molecule has 15 heteroatoms. The van der Waals surface area contributed by atoms with Crippen molar-refractivity contribution < 1.29 is 28.6 Å². The van der Waals surface area contributed by atoms with Gasteiger partial charge in [-0.15, -0.1) is 0 Å². The molecule has 0 saturated carbocycles. The van der Waals surface area contributed by atoms with Crippen LogP contribution in [0.1, 0.15) is 34.3 Å². The predicted octanol–water partition coefficient (Wildman–Crippen LogP) is 1.33. The number of β-amino-alcohol motifs (C(OH)–C–C–N with tert-alkyl or cyclic N) is 1. The lowest BCUT2D eigenvalue weighted by molar-refractivity contribution is -0.132. The summed E-state index contributed by atoms with van der Waals surface area (Å²) < 4.78 is 16.5. The van der Waals surface area contributed by atoms with Crippen molar-refractivity contribution in [1.82, 2.24) is 30.1 Å². The molecule has 6 rings (SSSR count). The summed E-state index contributed by atoms with van der Waals surface area (Å²) in [5.41, 5.74) is 2.31. The van der Waals surface area contributed by atoms with Gasteiger partial charge in [-0.05, 0) is 23.6 Å². The number of aliphatic hydroxyl groups excluding tert-OH is 1. The molecule has 3 aromatic rings. The van der Waals surface area contributed by atoms with E-state index in [1.54, 1.807) is 24.1 Å². The van der Waals surface area contributed by atoms with Crippen LogP contribution in [0.25, 0.3) is 0 Å². The molecule has 14 nitrogen and oxygen atoms in total. The molecule has 240 valence electrons. The summed E-state index contributed by atoms with van der Waals surface area (Å²) in [7, 11) is 0. The van der Waals surface area contributed by atoms with Gasteiger partial charge in [-0.3, -0.25) is 14.5 Å². The third kappa shape index (κ3) is 7.64. The molecule has 1 unspecified atom stereocenters. The van der Waals surface area contributed by atoms with Crippen LogP contribution in [0.5, 0.6) is 5.75 Å². The Morgan fingerprint density at radius 1 is 1.20 bits per heavy atom. The number of nitrogens with zero attached hydrogens (tertiary/aromatic N) is 6. The predicted molar refractivity (Wildman–Crippen MR) is 164 cm³/mol. The highest BCUT2D eigenvalue weighted by Crippen LogP contribution is 2.34. The third-order valence-electron chi connectivity index (χ3n) is 8.12. The van der Waals surface area contributed by atoms with Crippen molar-refractivity contribution in [2.75, 3.05) is 69.2 Å². The van der Waals surface area contributed by atoms with Crippen LogP contribution in [0.4, 0.5) is 11.8 Å². The summed E-state index contributed by atoms with van der Waals surface area (Å²) in [4.78, 5) is 43.7. The van der Waals surface area contributed by atoms with Crippen molar-refractivity contribution in [3.05, 3.63) is 58.4 Å². The summed E-state index contributed by atoms with van der Waals surface area (Å²) in [5, 5.41) is 17.6. The fourth-order valence-corrected chi connectivity index (χ4v) is 5.94. The second kappa shape index (κ2) is 14.0. The van der Waals surface area contributed by atoms with E-state index in [0.29, 0.717) is 93.7 Å². The third-order valence-corrected chi connectivity index (χ3v) is 8.53. The van der Waals surface area contributed by atoms with Crippen molar-refractivity contribution in [3.8, 4) is 5.75 Å². The first-order valence-corrected chi connectivity index (χ1v) is 15.4. The van der Waals surface area contributed by atoms with E-state index < -0.39 is 12.0 Å². The van der Waals surface area contributed by atoms with Crippen LogP contribution in [-0.2, 0) is 29.1 Å². The Balaban J connectivity index is 1.03. The molecule has 3 N–H and O–H groups in total. The molecule has 45 heavy (non-hydrogen) atoms. The van der Waals surface area contributed by atoms with Crippen molar-refractivity contribution in [3.63, 3.8) is 0 Å². The zero-order chi connectivity index (χ0) is 31.3. The van der Waals surface area contributed by atoms with E-state index >= 15 is 0 Å². The highest BCUT2D eigenvalue weighted by Gasteiger charge is 2.29. The van der Waals surface area contributed by atoms with Gasteiger partial charge in [0.05, 0.1) is 36.6 Å². The zero-order valence-corrected chi connectivity index (χ0v) is 25.8. The number of morpholine rings is 1. The van der Waals surface area contributed by atoms with Crippen LogP contribution in [0, 0.1) is 0 Å². The molecule has 2 fully saturated rings. The van der Waals surface area contributed by atoms with Gasteiger partial charge in [-0.25, -0.2) is 9.97 Å².